The maximum Gasteiger partial charge on any atom is 0.106 e. The number of aromatic nitrogens is 1. The number of aliphatic imine (C=N–C) groups is 2. The Hall–Kier alpha value is -1.51. The molecule has 0 spiro atoms. The molecule has 13 heavy (non-hydrogen) atoms. The van der Waals surface area contributed by atoms with Gasteiger partial charge >= 0.3 is 0 Å². The summed E-state index contributed by atoms with van der Waals surface area (Å²) >= 11 is 0. The lowest BCUT2D eigenvalue weighted by Crippen LogP contribution is -2.13. The highest BCUT2D eigenvalue weighted by Gasteiger charge is 2.14. The van der Waals surface area contributed by atoms with Crippen LogP contribution < -0.4 is 0 Å². The Bertz CT molecular complexity index is 343. The molecule has 0 radical (unpaired) electrons. The monoisotopic (exact) mass is 173 g/mol. The molecule has 0 unspecified atom stereocenters. The van der Waals surface area contributed by atoms with Crippen molar-refractivity contribution in [2.75, 3.05) is 0 Å². The number of nitrogens with zero attached hydrogens (tertiary/aromatic N) is 3. The number of hydrogen-bond donors (Lipinski definition) is 0. The Morgan fingerprint density at radius 2 is 1.77 bits per heavy atom. The summed E-state index contributed by atoms with van der Waals surface area (Å²) in [5, 5.41) is 0. The summed E-state index contributed by atoms with van der Waals surface area (Å²) in [5.74, 6) is 0. The lowest BCUT2D eigenvalue weighted by Gasteiger charge is -2.08. The summed E-state index contributed by atoms with van der Waals surface area (Å²) in [7, 11) is 0. The Kier molecular flexibility index (Phi) is 1.72. The van der Waals surface area contributed by atoms with Crippen LogP contribution in [0, 0.1) is 5.41 Å². The minimum atomic E-state index is -0.0704. The first kappa shape index (κ1) is 8.10. The van der Waals surface area contributed by atoms with Crippen molar-refractivity contribution in [3.8, 4) is 0 Å². The summed E-state index contributed by atoms with van der Waals surface area (Å²) in [4.78, 5) is 12.7. The van der Waals surface area contributed by atoms with Crippen molar-refractivity contribution in [2.24, 2.45) is 15.4 Å². The van der Waals surface area contributed by atoms with Crippen molar-refractivity contribution in [3.63, 3.8) is 0 Å². The van der Waals surface area contributed by atoms with Gasteiger partial charge in [0.2, 0.25) is 0 Å². The molecular formula is C10H11N3. The fourth-order valence-corrected chi connectivity index (χ4v) is 1.09. The van der Waals surface area contributed by atoms with Crippen LogP contribution in [-0.4, -0.2) is 17.4 Å². The molecule has 0 amide bonds. The molecule has 1 aliphatic heterocycles. The van der Waals surface area contributed by atoms with Crippen molar-refractivity contribution in [3.05, 3.63) is 18.5 Å². The van der Waals surface area contributed by atoms with E-state index in [-0.39, 0.29) is 5.41 Å². The zero-order chi connectivity index (χ0) is 9.31. The molecule has 0 saturated heterocycles. The molecule has 3 heteroatoms. The van der Waals surface area contributed by atoms with E-state index < -0.39 is 0 Å². The summed E-state index contributed by atoms with van der Waals surface area (Å²) in [6, 6.07) is 1.87. The molecule has 0 N–H and O–H groups in total. The van der Waals surface area contributed by atoms with Gasteiger partial charge in [0.05, 0.1) is 11.9 Å². The molecule has 66 valence electrons. The average molecular weight is 173 g/mol. The molecule has 0 fully saturated rings. The van der Waals surface area contributed by atoms with Crippen LogP contribution >= 0.6 is 0 Å². The van der Waals surface area contributed by atoms with Crippen LogP contribution in [-0.2, 0) is 0 Å². The second-order valence-electron chi connectivity index (χ2n) is 3.70. The molecule has 1 aliphatic rings. The molecule has 2 heterocycles. The first-order chi connectivity index (χ1) is 6.17. The normalized spacial score (nSPS) is 18.0. The van der Waals surface area contributed by atoms with Gasteiger partial charge in [-0.05, 0) is 19.9 Å². The largest absolute Gasteiger partial charge is 0.262 e. The van der Waals surface area contributed by atoms with Crippen LogP contribution in [0.3, 0.4) is 0 Å². The van der Waals surface area contributed by atoms with Gasteiger partial charge in [-0.3, -0.25) is 15.0 Å². The van der Waals surface area contributed by atoms with Crippen molar-refractivity contribution in [2.45, 2.75) is 13.8 Å². The van der Waals surface area contributed by atoms with Crippen LogP contribution in [0.4, 0.5) is 11.4 Å². The number of pyridine rings is 1. The second-order valence-corrected chi connectivity index (χ2v) is 3.70. The SMILES string of the molecule is CC1(C)C=Nc2ccncc2N=C1. The molecule has 1 aromatic heterocycles. The number of rotatable bonds is 0. The van der Waals surface area contributed by atoms with E-state index in [4.69, 9.17) is 0 Å². The minimum Gasteiger partial charge on any atom is -0.262 e. The standard InChI is InChI=1S/C10H11N3/c1-10(2)6-12-8-3-4-11-5-9(8)13-7-10/h3-7H,1-2H3. The van der Waals surface area contributed by atoms with Crippen LogP contribution in [0.5, 0.6) is 0 Å². The zero-order valence-corrected chi connectivity index (χ0v) is 7.73. The zero-order valence-electron chi connectivity index (χ0n) is 7.73. The molecule has 2 rings (SSSR count). The summed E-state index contributed by atoms with van der Waals surface area (Å²) in [6.07, 6.45) is 7.25. The van der Waals surface area contributed by atoms with Crippen LogP contribution in [0.1, 0.15) is 13.8 Å². The van der Waals surface area contributed by atoms with Gasteiger partial charge in [0.25, 0.3) is 0 Å². The molecule has 3 nitrogen and oxygen atoms in total. The molecule has 1 aromatic rings. The Balaban J connectivity index is 2.53. The topological polar surface area (TPSA) is 37.6 Å². The third-order valence-corrected chi connectivity index (χ3v) is 1.85. The first-order valence-corrected chi connectivity index (χ1v) is 4.22. The summed E-state index contributed by atoms with van der Waals surface area (Å²) in [6.45, 7) is 4.14. The minimum absolute atomic E-state index is 0.0704. The highest BCUT2D eigenvalue weighted by molar-refractivity contribution is 5.93. The first-order valence-electron chi connectivity index (χ1n) is 4.22. The van der Waals surface area contributed by atoms with E-state index in [1.165, 1.54) is 0 Å². The van der Waals surface area contributed by atoms with Crippen molar-refractivity contribution in [1.82, 2.24) is 4.98 Å². The van der Waals surface area contributed by atoms with Crippen LogP contribution in [0.25, 0.3) is 0 Å². The average Bonchev–Trinajstić information content (AvgIpc) is 2.27. The van der Waals surface area contributed by atoms with E-state index in [1.54, 1.807) is 12.4 Å². The molecule has 0 aliphatic carbocycles. The van der Waals surface area contributed by atoms with E-state index in [1.807, 2.05) is 18.5 Å². The quantitative estimate of drug-likeness (QED) is 0.594. The highest BCUT2D eigenvalue weighted by Crippen LogP contribution is 2.29. The van der Waals surface area contributed by atoms with Gasteiger partial charge in [0.15, 0.2) is 0 Å². The number of hydrogen-bond acceptors (Lipinski definition) is 3. The predicted octanol–water partition coefficient (Wildman–Crippen LogP) is 2.53. The molecular weight excluding hydrogens is 162 g/mol. The van der Waals surface area contributed by atoms with Gasteiger partial charge < -0.3 is 0 Å². The molecule has 0 aromatic carbocycles. The fourth-order valence-electron chi connectivity index (χ4n) is 1.09. The van der Waals surface area contributed by atoms with Gasteiger partial charge in [0, 0.05) is 24.0 Å². The van der Waals surface area contributed by atoms with E-state index >= 15 is 0 Å². The highest BCUT2D eigenvalue weighted by atomic mass is 14.9. The van der Waals surface area contributed by atoms with E-state index in [0.717, 1.165) is 11.4 Å². The third kappa shape index (κ3) is 1.64. The Labute approximate surface area is 77.3 Å². The van der Waals surface area contributed by atoms with Gasteiger partial charge in [-0.2, -0.15) is 0 Å². The summed E-state index contributed by atoms with van der Waals surface area (Å²) in [5.41, 5.74) is 1.65. The van der Waals surface area contributed by atoms with Crippen molar-refractivity contribution >= 4 is 23.8 Å². The Morgan fingerprint density at radius 3 is 2.54 bits per heavy atom. The van der Waals surface area contributed by atoms with E-state index in [9.17, 15) is 0 Å². The maximum absolute atomic E-state index is 4.35. The van der Waals surface area contributed by atoms with Crippen molar-refractivity contribution < 1.29 is 0 Å². The number of fused-ring (bicyclic) bond motifs is 1. The maximum atomic E-state index is 4.35. The summed E-state index contributed by atoms with van der Waals surface area (Å²) < 4.78 is 0. The second kappa shape index (κ2) is 2.76. The lowest BCUT2D eigenvalue weighted by molar-refractivity contribution is 0.767. The van der Waals surface area contributed by atoms with Crippen LogP contribution in [0.15, 0.2) is 28.4 Å². The lowest BCUT2D eigenvalue weighted by atomic mass is 9.98. The Morgan fingerprint density at radius 1 is 1.08 bits per heavy atom. The van der Waals surface area contributed by atoms with Crippen molar-refractivity contribution in [1.29, 1.82) is 0 Å². The smallest absolute Gasteiger partial charge is 0.106 e. The van der Waals surface area contributed by atoms with Gasteiger partial charge in [-0.15, -0.1) is 0 Å². The molecule has 0 atom stereocenters. The van der Waals surface area contributed by atoms with Crippen LogP contribution in [0.2, 0.25) is 0 Å². The van der Waals surface area contributed by atoms with E-state index in [2.05, 4.69) is 28.8 Å². The van der Waals surface area contributed by atoms with Gasteiger partial charge in [-0.25, -0.2) is 0 Å². The third-order valence-electron chi connectivity index (χ3n) is 1.85. The van der Waals surface area contributed by atoms with E-state index in [0.29, 0.717) is 0 Å². The molecule has 0 bridgehead atoms. The van der Waals surface area contributed by atoms with Gasteiger partial charge in [0.1, 0.15) is 5.69 Å². The van der Waals surface area contributed by atoms with Gasteiger partial charge in [-0.1, -0.05) is 0 Å². The fraction of sp³-hybridized carbons (Fsp3) is 0.300. The predicted molar refractivity (Wildman–Crippen MR) is 54.3 cm³/mol. The molecule has 0 saturated carbocycles.